The zero-order valence-corrected chi connectivity index (χ0v) is 12.3. The van der Waals surface area contributed by atoms with E-state index in [1.165, 1.54) is 16.2 Å². The number of aromatic nitrogens is 1. The van der Waals surface area contributed by atoms with Crippen LogP contribution in [0.1, 0.15) is 11.3 Å². The average molecular weight is 296 g/mol. The Balaban J connectivity index is 1.88. The Labute approximate surface area is 119 Å². The van der Waals surface area contributed by atoms with Crippen molar-refractivity contribution < 1.29 is 4.79 Å². The quantitative estimate of drug-likeness (QED) is 0.863. The molecule has 3 heterocycles. The number of carbonyl (C=O) groups excluding carboxylic acids is 1. The Kier molecular flexibility index (Phi) is 3.17. The lowest BCUT2D eigenvalue weighted by molar-refractivity contribution is -0.117. The number of amides is 1. The highest BCUT2D eigenvalue weighted by Crippen LogP contribution is 2.33. The largest absolute Gasteiger partial charge is 0.287 e. The molecule has 1 amide bonds. The maximum absolute atomic E-state index is 11.8. The van der Waals surface area contributed by atoms with Crippen LogP contribution >= 0.6 is 35.3 Å². The van der Waals surface area contributed by atoms with Crippen molar-refractivity contribution in [3.63, 3.8) is 0 Å². The van der Waals surface area contributed by atoms with Gasteiger partial charge in [-0.25, -0.2) is 4.98 Å². The van der Waals surface area contributed by atoms with Gasteiger partial charge in [-0.15, -0.1) is 22.7 Å². The fraction of sp³-hybridized carbons (Fsp3) is 0.333. The van der Waals surface area contributed by atoms with Gasteiger partial charge in [-0.05, 0) is 19.1 Å². The van der Waals surface area contributed by atoms with Crippen LogP contribution in [0.15, 0.2) is 17.5 Å². The van der Waals surface area contributed by atoms with Crippen molar-refractivity contribution in [3.8, 4) is 10.6 Å². The highest BCUT2D eigenvalue weighted by atomic mass is 32.1. The molecule has 1 saturated heterocycles. The summed E-state index contributed by atoms with van der Waals surface area (Å²) in [5.41, 5.74) is 0.962. The first-order chi connectivity index (χ1) is 8.63. The molecule has 0 N–H and O–H groups in total. The molecule has 0 spiro atoms. The summed E-state index contributed by atoms with van der Waals surface area (Å²) in [5.74, 6) is 0.123. The van der Waals surface area contributed by atoms with Gasteiger partial charge in [-0.1, -0.05) is 0 Å². The molecule has 0 aliphatic carbocycles. The average Bonchev–Trinajstić information content (AvgIpc) is 2.98. The second kappa shape index (κ2) is 4.68. The topological polar surface area (TPSA) is 33.2 Å². The number of aryl methyl sites for hydroxylation is 1. The number of nitrogens with zero attached hydrogens (tertiary/aromatic N) is 2. The van der Waals surface area contributed by atoms with Crippen LogP contribution in [0.3, 0.4) is 0 Å². The van der Waals surface area contributed by atoms with Crippen LogP contribution in [-0.2, 0) is 4.79 Å². The van der Waals surface area contributed by atoms with E-state index in [2.05, 4.69) is 36.7 Å². The van der Waals surface area contributed by atoms with Crippen LogP contribution in [0.2, 0.25) is 0 Å². The van der Waals surface area contributed by atoms with E-state index in [1.54, 1.807) is 16.2 Å². The normalized spacial score (nSPS) is 19.8. The predicted octanol–water partition coefficient (Wildman–Crippen LogP) is 3.22. The van der Waals surface area contributed by atoms with Crippen molar-refractivity contribution in [1.82, 2.24) is 4.98 Å². The molecular weight excluding hydrogens is 284 g/mol. The van der Waals surface area contributed by atoms with E-state index in [4.69, 9.17) is 0 Å². The highest BCUT2D eigenvalue weighted by Gasteiger charge is 2.30. The molecule has 1 aliphatic rings. The molecule has 94 valence electrons. The summed E-state index contributed by atoms with van der Waals surface area (Å²) >= 11 is 7.60. The molecule has 1 fully saturated rings. The van der Waals surface area contributed by atoms with Gasteiger partial charge in [0.05, 0.1) is 10.6 Å². The van der Waals surface area contributed by atoms with Gasteiger partial charge >= 0.3 is 0 Å². The summed E-state index contributed by atoms with van der Waals surface area (Å²) in [6, 6.07) is 4.16. The molecule has 0 bridgehead atoms. The number of thiazole rings is 1. The van der Waals surface area contributed by atoms with Crippen LogP contribution in [-0.4, -0.2) is 22.7 Å². The van der Waals surface area contributed by atoms with Crippen molar-refractivity contribution in [2.75, 3.05) is 11.4 Å². The molecule has 3 rings (SSSR count). The number of carbonyl (C=O) groups is 1. The third-order valence-corrected chi connectivity index (χ3v) is 5.05. The van der Waals surface area contributed by atoms with Crippen molar-refractivity contribution in [2.45, 2.75) is 18.6 Å². The van der Waals surface area contributed by atoms with Crippen molar-refractivity contribution >= 4 is 46.3 Å². The monoisotopic (exact) mass is 296 g/mol. The molecule has 1 aliphatic heterocycles. The first-order valence-corrected chi connectivity index (χ1v) is 7.85. The standard InChI is InChI=1S/C12H12N2OS3/c1-7-2-3-10(18-7)9-6-17-12(13-9)14-5-8(16)4-11(14)15/h2-3,6,8,16H,4-5H2,1H3. The highest BCUT2D eigenvalue weighted by molar-refractivity contribution is 7.81. The smallest absolute Gasteiger partial charge is 0.229 e. The lowest BCUT2D eigenvalue weighted by Crippen LogP contribution is -2.24. The summed E-state index contributed by atoms with van der Waals surface area (Å²) in [5, 5.41) is 2.94. The zero-order chi connectivity index (χ0) is 12.7. The molecule has 0 radical (unpaired) electrons. The minimum absolute atomic E-state index is 0.123. The van der Waals surface area contributed by atoms with Crippen LogP contribution in [0.5, 0.6) is 0 Å². The minimum atomic E-state index is 0.123. The maximum Gasteiger partial charge on any atom is 0.229 e. The Morgan fingerprint density at radius 3 is 2.94 bits per heavy atom. The molecule has 1 unspecified atom stereocenters. The lowest BCUT2D eigenvalue weighted by Gasteiger charge is -2.10. The predicted molar refractivity (Wildman–Crippen MR) is 79.9 cm³/mol. The molecular formula is C12H12N2OS3. The molecule has 3 nitrogen and oxygen atoms in total. The van der Waals surface area contributed by atoms with Gasteiger partial charge in [0.1, 0.15) is 0 Å². The Hall–Kier alpha value is -0.850. The van der Waals surface area contributed by atoms with Gasteiger partial charge in [-0.3, -0.25) is 9.69 Å². The van der Waals surface area contributed by atoms with Gasteiger partial charge < -0.3 is 0 Å². The Morgan fingerprint density at radius 1 is 1.50 bits per heavy atom. The number of hydrogen-bond donors (Lipinski definition) is 1. The molecule has 2 aromatic heterocycles. The molecule has 2 aromatic rings. The molecule has 1 atom stereocenters. The van der Waals surface area contributed by atoms with Gasteiger partial charge in [0.15, 0.2) is 5.13 Å². The SMILES string of the molecule is Cc1ccc(-c2csc(N3CC(S)CC3=O)n2)s1. The molecule has 0 aromatic carbocycles. The van der Waals surface area contributed by atoms with E-state index in [9.17, 15) is 4.79 Å². The Morgan fingerprint density at radius 2 is 2.33 bits per heavy atom. The summed E-state index contributed by atoms with van der Waals surface area (Å²) in [4.78, 5) is 20.5. The summed E-state index contributed by atoms with van der Waals surface area (Å²) in [6.45, 7) is 2.75. The number of rotatable bonds is 2. The fourth-order valence-electron chi connectivity index (χ4n) is 1.95. The van der Waals surface area contributed by atoms with Crippen LogP contribution in [0.4, 0.5) is 5.13 Å². The second-order valence-corrected chi connectivity index (χ2v) is 7.14. The van der Waals surface area contributed by atoms with Gasteiger partial charge in [0.2, 0.25) is 5.91 Å². The molecule has 18 heavy (non-hydrogen) atoms. The number of anilines is 1. The van der Waals surface area contributed by atoms with E-state index >= 15 is 0 Å². The first kappa shape index (κ1) is 12.2. The van der Waals surface area contributed by atoms with Crippen LogP contribution in [0, 0.1) is 6.92 Å². The van der Waals surface area contributed by atoms with E-state index in [0.29, 0.717) is 13.0 Å². The van der Waals surface area contributed by atoms with Crippen molar-refractivity contribution in [2.24, 2.45) is 0 Å². The Bertz CT molecular complexity index is 590. The van der Waals surface area contributed by atoms with Gasteiger partial charge in [0.25, 0.3) is 0 Å². The van der Waals surface area contributed by atoms with E-state index in [-0.39, 0.29) is 11.2 Å². The molecule has 0 saturated carbocycles. The van der Waals surface area contributed by atoms with E-state index in [0.717, 1.165) is 15.7 Å². The third kappa shape index (κ3) is 2.20. The minimum Gasteiger partial charge on any atom is -0.287 e. The van der Waals surface area contributed by atoms with Crippen molar-refractivity contribution in [3.05, 3.63) is 22.4 Å². The zero-order valence-electron chi connectivity index (χ0n) is 9.79. The third-order valence-electron chi connectivity index (χ3n) is 2.82. The lowest BCUT2D eigenvalue weighted by atomic mass is 10.4. The van der Waals surface area contributed by atoms with Crippen LogP contribution < -0.4 is 4.90 Å². The second-order valence-electron chi connectivity index (χ2n) is 4.29. The number of thiophene rings is 1. The van der Waals surface area contributed by atoms with Gasteiger partial charge in [0, 0.05) is 28.5 Å². The number of thiol groups is 1. The summed E-state index contributed by atoms with van der Waals surface area (Å²) < 4.78 is 0. The first-order valence-electron chi connectivity index (χ1n) is 5.64. The van der Waals surface area contributed by atoms with Gasteiger partial charge in [-0.2, -0.15) is 12.6 Å². The summed E-state index contributed by atoms with van der Waals surface area (Å²) in [6.07, 6.45) is 0.510. The van der Waals surface area contributed by atoms with E-state index < -0.39 is 0 Å². The maximum atomic E-state index is 11.8. The van der Waals surface area contributed by atoms with Crippen molar-refractivity contribution in [1.29, 1.82) is 0 Å². The summed E-state index contributed by atoms with van der Waals surface area (Å²) in [7, 11) is 0. The number of hydrogen-bond acceptors (Lipinski definition) is 5. The molecule has 6 heteroatoms. The van der Waals surface area contributed by atoms with E-state index in [1.807, 2.05) is 5.38 Å². The fourth-order valence-corrected chi connectivity index (χ4v) is 4.02. The van der Waals surface area contributed by atoms with Crippen LogP contribution in [0.25, 0.3) is 10.6 Å².